The number of hydrogen-bond donors (Lipinski definition) is 3. The number of nitrogens with one attached hydrogen (secondary N) is 1. The first kappa shape index (κ1) is 15.2. The molecule has 0 heterocycles. The van der Waals surface area contributed by atoms with Gasteiger partial charge >= 0.3 is 0 Å². The van der Waals surface area contributed by atoms with Crippen molar-refractivity contribution in [2.75, 3.05) is 13.2 Å². The number of nitrogens with zero attached hydrogens (tertiary/aromatic N) is 1. The lowest BCUT2D eigenvalue weighted by Gasteiger charge is -2.14. The van der Waals surface area contributed by atoms with Gasteiger partial charge < -0.3 is 16.2 Å². The smallest absolute Gasteiger partial charge is 0.188 e. The van der Waals surface area contributed by atoms with Crippen LogP contribution >= 0.6 is 0 Å². The zero-order valence-electron chi connectivity index (χ0n) is 10.9. The molecule has 0 aliphatic carbocycles. The quantitative estimate of drug-likeness (QED) is 0.335. The predicted molar refractivity (Wildman–Crippen MR) is 69.5 cm³/mol. The van der Waals surface area contributed by atoms with Crippen molar-refractivity contribution in [3.05, 3.63) is 0 Å². The lowest BCUT2D eigenvalue weighted by Crippen LogP contribution is -2.38. The third kappa shape index (κ3) is 9.77. The molecule has 4 nitrogen and oxygen atoms in total. The zero-order valence-corrected chi connectivity index (χ0v) is 10.9. The Kier molecular flexibility index (Phi) is 9.00. The fourth-order valence-electron chi connectivity index (χ4n) is 1.47. The molecule has 0 aromatic rings. The van der Waals surface area contributed by atoms with E-state index in [2.05, 4.69) is 31.1 Å². The van der Waals surface area contributed by atoms with Gasteiger partial charge in [-0.2, -0.15) is 0 Å². The van der Waals surface area contributed by atoms with Crippen LogP contribution in [0.3, 0.4) is 0 Å². The molecule has 0 saturated heterocycles. The molecule has 0 spiro atoms. The molecule has 0 saturated carbocycles. The van der Waals surface area contributed by atoms with Gasteiger partial charge in [0.2, 0.25) is 0 Å². The first-order chi connectivity index (χ1) is 7.56. The van der Waals surface area contributed by atoms with Crippen molar-refractivity contribution in [3.8, 4) is 0 Å². The molecule has 0 aromatic heterocycles. The average Bonchev–Trinajstić information content (AvgIpc) is 2.17. The Hall–Kier alpha value is -0.770. The topological polar surface area (TPSA) is 70.6 Å². The van der Waals surface area contributed by atoms with Gasteiger partial charge in [0, 0.05) is 19.2 Å². The summed E-state index contributed by atoms with van der Waals surface area (Å²) in [5.41, 5.74) is 5.70. The molecule has 0 aromatic carbocycles. The Morgan fingerprint density at radius 1 is 1.25 bits per heavy atom. The average molecular weight is 229 g/mol. The monoisotopic (exact) mass is 229 g/mol. The van der Waals surface area contributed by atoms with Gasteiger partial charge in [0.05, 0.1) is 0 Å². The normalized spacial score (nSPS) is 14.2. The van der Waals surface area contributed by atoms with E-state index in [1.54, 1.807) is 0 Å². The summed E-state index contributed by atoms with van der Waals surface area (Å²) in [5.74, 6) is 1.26. The van der Waals surface area contributed by atoms with Crippen LogP contribution in [0.2, 0.25) is 0 Å². The van der Waals surface area contributed by atoms with Crippen molar-refractivity contribution in [2.45, 2.75) is 52.5 Å². The number of aliphatic hydroxyl groups excluding tert-OH is 1. The van der Waals surface area contributed by atoms with Gasteiger partial charge in [0.1, 0.15) is 0 Å². The summed E-state index contributed by atoms with van der Waals surface area (Å²) >= 11 is 0. The highest BCUT2D eigenvalue weighted by Crippen LogP contribution is 2.07. The maximum atomic E-state index is 8.60. The van der Waals surface area contributed by atoms with E-state index >= 15 is 0 Å². The number of hydrogen-bond acceptors (Lipinski definition) is 2. The molecule has 0 rings (SSSR count). The van der Waals surface area contributed by atoms with E-state index in [1.807, 2.05) is 0 Å². The van der Waals surface area contributed by atoms with Gasteiger partial charge in [-0.3, -0.25) is 4.99 Å². The summed E-state index contributed by atoms with van der Waals surface area (Å²) in [6.45, 7) is 7.36. The van der Waals surface area contributed by atoms with Crippen molar-refractivity contribution >= 4 is 5.96 Å². The minimum Gasteiger partial charge on any atom is -0.396 e. The lowest BCUT2D eigenvalue weighted by molar-refractivity contribution is 0.291. The second-order valence-electron chi connectivity index (χ2n) is 4.71. The fraction of sp³-hybridized carbons (Fsp3) is 0.917. The molecule has 16 heavy (non-hydrogen) atoms. The number of guanidine groups is 1. The molecular formula is C12H27N3O. The summed E-state index contributed by atoms with van der Waals surface area (Å²) in [6, 6.07) is 0.372. The molecule has 0 aliphatic rings. The van der Waals surface area contributed by atoms with Gasteiger partial charge in [-0.1, -0.05) is 26.7 Å². The van der Waals surface area contributed by atoms with Crippen LogP contribution < -0.4 is 11.1 Å². The van der Waals surface area contributed by atoms with Crippen molar-refractivity contribution in [1.82, 2.24) is 5.32 Å². The molecule has 0 aliphatic heterocycles. The SMILES string of the molecule is CC(C)CCCC(C)NC(N)=NCCCO. The molecule has 1 unspecified atom stereocenters. The maximum absolute atomic E-state index is 8.60. The third-order valence-corrected chi connectivity index (χ3v) is 2.41. The first-order valence-corrected chi connectivity index (χ1v) is 6.23. The molecule has 0 radical (unpaired) electrons. The van der Waals surface area contributed by atoms with E-state index in [0.29, 0.717) is 25.0 Å². The molecular weight excluding hydrogens is 202 g/mol. The van der Waals surface area contributed by atoms with Crippen molar-refractivity contribution in [1.29, 1.82) is 0 Å². The van der Waals surface area contributed by atoms with Gasteiger partial charge in [-0.05, 0) is 25.7 Å². The highest BCUT2D eigenvalue weighted by atomic mass is 16.3. The van der Waals surface area contributed by atoms with Crippen molar-refractivity contribution in [2.24, 2.45) is 16.6 Å². The number of aliphatic imine (C=N–C) groups is 1. The largest absolute Gasteiger partial charge is 0.396 e. The molecule has 4 heteroatoms. The maximum Gasteiger partial charge on any atom is 0.188 e. The second kappa shape index (κ2) is 9.46. The lowest BCUT2D eigenvalue weighted by atomic mass is 10.0. The van der Waals surface area contributed by atoms with Crippen LogP contribution in [-0.2, 0) is 0 Å². The first-order valence-electron chi connectivity index (χ1n) is 6.23. The molecule has 96 valence electrons. The van der Waals surface area contributed by atoms with E-state index in [9.17, 15) is 0 Å². The van der Waals surface area contributed by atoms with Crippen LogP contribution in [-0.4, -0.2) is 30.3 Å². The van der Waals surface area contributed by atoms with E-state index < -0.39 is 0 Å². The summed E-state index contributed by atoms with van der Waals surface area (Å²) in [6.07, 6.45) is 4.27. The minimum atomic E-state index is 0.167. The molecule has 0 amide bonds. The van der Waals surface area contributed by atoms with Crippen LogP contribution in [0.4, 0.5) is 0 Å². The number of rotatable bonds is 8. The van der Waals surface area contributed by atoms with Crippen molar-refractivity contribution in [3.63, 3.8) is 0 Å². The van der Waals surface area contributed by atoms with Crippen LogP contribution in [0, 0.1) is 5.92 Å². The Labute approximate surface area is 99.3 Å². The standard InChI is InChI=1S/C12H27N3O/c1-10(2)6-4-7-11(3)15-12(13)14-8-5-9-16/h10-11,16H,4-9H2,1-3H3,(H3,13,14,15). The van der Waals surface area contributed by atoms with E-state index in [0.717, 1.165) is 12.3 Å². The molecule has 0 fully saturated rings. The van der Waals surface area contributed by atoms with E-state index in [-0.39, 0.29) is 6.61 Å². The van der Waals surface area contributed by atoms with Gasteiger partial charge in [-0.15, -0.1) is 0 Å². The zero-order chi connectivity index (χ0) is 12.4. The summed E-state index contributed by atoms with van der Waals surface area (Å²) in [7, 11) is 0. The highest BCUT2D eigenvalue weighted by molar-refractivity contribution is 5.78. The van der Waals surface area contributed by atoms with Crippen LogP contribution in [0.15, 0.2) is 4.99 Å². The predicted octanol–water partition coefficient (Wildman–Crippen LogP) is 1.49. The fourth-order valence-corrected chi connectivity index (χ4v) is 1.47. The summed E-state index contributed by atoms with van der Waals surface area (Å²) in [4.78, 5) is 4.12. The van der Waals surface area contributed by atoms with Crippen molar-refractivity contribution < 1.29 is 5.11 Å². The highest BCUT2D eigenvalue weighted by Gasteiger charge is 2.03. The van der Waals surface area contributed by atoms with Crippen LogP contribution in [0.5, 0.6) is 0 Å². The van der Waals surface area contributed by atoms with Crippen LogP contribution in [0.25, 0.3) is 0 Å². The van der Waals surface area contributed by atoms with E-state index in [1.165, 1.54) is 12.8 Å². The minimum absolute atomic E-state index is 0.167. The van der Waals surface area contributed by atoms with Crippen LogP contribution in [0.1, 0.15) is 46.5 Å². The Balaban J connectivity index is 3.60. The number of aliphatic hydroxyl groups is 1. The molecule has 1 atom stereocenters. The van der Waals surface area contributed by atoms with Gasteiger partial charge in [0.25, 0.3) is 0 Å². The Bertz CT molecular complexity index is 193. The molecule has 4 N–H and O–H groups in total. The summed E-state index contributed by atoms with van der Waals surface area (Å²) < 4.78 is 0. The number of nitrogens with two attached hydrogens (primary N) is 1. The Morgan fingerprint density at radius 2 is 1.94 bits per heavy atom. The molecule has 0 bridgehead atoms. The Morgan fingerprint density at radius 3 is 2.50 bits per heavy atom. The summed E-state index contributed by atoms with van der Waals surface area (Å²) in [5, 5.41) is 11.8. The third-order valence-electron chi connectivity index (χ3n) is 2.41. The van der Waals surface area contributed by atoms with Gasteiger partial charge in [-0.25, -0.2) is 0 Å². The van der Waals surface area contributed by atoms with Gasteiger partial charge in [0.15, 0.2) is 5.96 Å². The second-order valence-corrected chi connectivity index (χ2v) is 4.71. The van der Waals surface area contributed by atoms with E-state index in [4.69, 9.17) is 10.8 Å².